The van der Waals surface area contributed by atoms with E-state index in [0.29, 0.717) is 25.3 Å². The Morgan fingerprint density at radius 3 is 2.54 bits per heavy atom. The summed E-state index contributed by atoms with van der Waals surface area (Å²) in [5.74, 6) is -1.28. The standard InChI is InChI=1S/C27H33BrF3N5O3/c1-27(2,3)39-26(37)36-15-6-7-16(36)12-34(11-15)24-17-10-19(30)21(28)22(31)23(17)32-25(33-24)38-13-20-18(29)9-14-5-4-8-35(14)20/h10,14-16,18,20H,4-9,11-13H2,1-3H3/t14?,15?,16?,18-,20?/m1/s1. The van der Waals surface area contributed by atoms with Gasteiger partial charge in [-0.25, -0.2) is 18.0 Å². The first-order valence-electron chi connectivity index (χ1n) is 13.6. The summed E-state index contributed by atoms with van der Waals surface area (Å²) in [5.41, 5.74) is -0.689. The first-order chi connectivity index (χ1) is 18.5. The van der Waals surface area contributed by atoms with Gasteiger partial charge in [0.25, 0.3) is 0 Å². The predicted molar refractivity (Wildman–Crippen MR) is 143 cm³/mol. The molecule has 0 spiro atoms. The van der Waals surface area contributed by atoms with Gasteiger partial charge in [-0.15, -0.1) is 0 Å². The Morgan fingerprint density at radius 1 is 1.13 bits per heavy atom. The van der Waals surface area contributed by atoms with Crippen LogP contribution in [0.25, 0.3) is 10.9 Å². The van der Waals surface area contributed by atoms with Crippen LogP contribution < -0.4 is 9.64 Å². The van der Waals surface area contributed by atoms with Crippen molar-refractivity contribution in [3.8, 4) is 6.01 Å². The third kappa shape index (κ3) is 4.92. The number of hydrogen-bond acceptors (Lipinski definition) is 7. The minimum absolute atomic E-state index is 0.0459. The van der Waals surface area contributed by atoms with Gasteiger partial charge in [-0.1, -0.05) is 0 Å². The van der Waals surface area contributed by atoms with E-state index in [2.05, 4.69) is 30.8 Å². The van der Waals surface area contributed by atoms with Crippen LogP contribution in [0.2, 0.25) is 0 Å². The summed E-state index contributed by atoms with van der Waals surface area (Å²) in [6.45, 7) is 7.22. The van der Waals surface area contributed by atoms with Gasteiger partial charge in [0.1, 0.15) is 35.5 Å². The first-order valence-corrected chi connectivity index (χ1v) is 14.4. The number of anilines is 1. The number of hydrogen-bond donors (Lipinski definition) is 0. The second-order valence-electron chi connectivity index (χ2n) is 12.1. The van der Waals surface area contributed by atoms with Gasteiger partial charge in [-0.3, -0.25) is 9.80 Å². The molecule has 0 saturated carbocycles. The smallest absolute Gasteiger partial charge is 0.410 e. The van der Waals surface area contributed by atoms with Crippen molar-refractivity contribution in [2.75, 3.05) is 31.1 Å². The molecule has 6 rings (SSSR count). The molecule has 4 saturated heterocycles. The number of halogens is 4. The van der Waals surface area contributed by atoms with Crippen molar-refractivity contribution in [3.05, 3.63) is 22.2 Å². The SMILES string of the molecule is CC(C)(C)OC(=O)N1C2CCC1CN(c1nc(OCC3[C@H](F)CC4CCCN43)nc3c(F)c(Br)c(F)cc13)C2. The Kier molecular flexibility index (Phi) is 6.84. The lowest BCUT2D eigenvalue weighted by atomic mass is 10.1. The predicted octanol–water partition coefficient (Wildman–Crippen LogP) is 5.21. The molecule has 1 aromatic heterocycles. The monoisotopic (exact) mass is 611 g/mol. The third-order valence-electron chi connectivity index (χ3n) is 8.32. The van der Waals surface area contributed by atoms with Gasteiger partial charge in [0.15, 0.2) is 5.82 Å². The molecule has 4 aliphatic rings. The summed E-state index contributed by atoms with van der Waals surface area (Å²) >= 11 is 2.97. The Bertz CT molecular complexity index is 1280. The number of carbonyl (C=O) groups is 1. The van der Waals surface area contributed by atoms with Crippen molar-refractivity contribution in [3.63, 3.8) is 0 Å². The van der Waals surface area contributed by atoms with E-state index in [1.807, 2.05) is 25.7 Å². The molecule has 2 bridgehead atoms. The molecule has 1 amide bonds. The molecular weight excluding hydrogens is 579 g/mol. The van der Waals surface area contributed by atoms with Gasteiger partial charge in [0.2, 0.25) is 0 Å². The molecule has 39 heavy (non-hydrogen) atoms. The molecule has 4 fully saturated rings. The summed E-state index contributed by atoms with van der Waals surface area (Å²) in [6.07, 6.45) is 2.72. The zero-order chi connectivity index (χ0) is 27.6. The Hall–Kier alpha value is -2.34. The molecule has 0 N–H and O–H groups in total. The van der Waals surface area contributed by atoms with Gasteiger partial charge in [0, 0.05) is 24.5 Å². The van der Waals surface area contributed by atoms with E-state index < -0.39 is 29.4 Å². The number of alkyl halides is 1. The summed E-state index contributed by atoms with van der Waals surface area (Å²) < 4.78 is 55.9. The van der Waals surface area contributed by atoms with Crippen molar-refractivity contribution < 1.29 is 27.4 Å². The first kappa shape index (κ1) is 26.9. The number of amides is 1. The maximum absolute atomic E-state index is 15.3. The van der Waals surface area contributed by atoms with Gasteiger partial charge < -0.3 is 14.4 Å². The van der Waals surface area contributed by atoms with Crippen LogP contribution in [0.1, 0.15) is 52.9 Å². The summed E-state index contributed by atoms with van der Waals surface area (Å²) in [5, 5.41) is 0.217. The van der Waals surface area contributed by atoms with Gasteiger partial charge >= 0.3 is 12.1 Å². The second-order valence-corrected chi connectivity index (χ2v) is 12.8. The number of piperazine rings is 1. The van der Waals surface area contributed by atoms with E-state index in [4.69, 9.17) is 9.47 Å². The maximum atomic E-state index is 15.3. The Labute approximate surface area is 233 Å². The Balaban J connectivity index is 1.30. The summed E-state index contributed by atoms with van der Waals surface area (Å²) in [4.78, 5) is 27.7. The lowest BCUT2D eigenvalue weighted by Gasteiger charge is -2.42. The normalized spacial score (nSPS) is 28.8. The van der Waals surface area contributed by atoms with E-state index in [1.165, 1.54) is 6.07 Å². The van der Waals surface area contributed by atoms with Crippen LogP contribution in [0.3, 0.4) is 0 Å². The minimum atomic E-state index is -1.01. The number of aromatic nitrogens is 2. The van der Waals surface area contributed by atoms with Crippen LogP contribution >= 0.6 is 15.9 Å². The highest BCUT2D eigenvalue weighted by Gasteiger charge is 2.46. The topological polar surface area (TPSA) is 71.0 Å². The molecule has 212 valence electrons. The molecule has 1 aromatic carbocycles. The average molecular weight is 612 g/mol. The van der Waals surface area contributed by atoms with Crippen LogP contribution in [0.4, 0.5) is 23.8 Å². The van der Waals surface area contributed by atoms with Crippen molar-refractivity contribution in [1.29, 1.82) is 0 Å². The van der Waals surface area contributed by atoms with E-state index in [1.54, 1.807) is 4.90 Å². The molecular formula is C27H33BrF3N5O3. The highest BCUT2D eigenvalue weighted by molar-refractivity contribution is 9.10. The van der Waals surface area contributed by atoms with Gasteiger partial charge in [0.05, 0.1) is 22.6 Å². The number of fused-ring (bicyclic) bond motifs is 4. The third-order valence-corrected chi connectivity index (χ3v) is 9.05. The van der Waals surface area contributed by atoms with Gasteiger partial charge in [-0.2, -0.15) is 9.97 Å². The van der Waals surface area contributed by atoms with Crippen LogP contribution in [0, 0.1) is 11.6 Å². The molecule has 0 aliphatic carbocycles. The molecule has 4 aliphatic heterocycles. The fourth-order valence-corrected chi connectivity index (χ4v) is 6.97. The number of carbonyl (C=O) groups excluding carboxylic acids is 1. The molecule has 4 unspecified atom stereocenters. The fourth-order valence-electron chi connectivity index (χ4n) is 6.66. The maximum Gasteiger partial charge on any atom is 0.410 e. The summed E-state index contributed by atoms with van der Waals surface area (Å²) in [6, 6.07) is 0.708. The van der Waals surface area contributed by atoms with Crippen molar-refractivity contribution in [2.24, 2.45) is 0 Å². The van der Waals surface area contributed by atoms with Crippen LogP contribution in [-0.2, 0) is 4.74 Å². The Morgan fingerprint density at radius 2 is 1.85 bits per heavy atom. The van der Waals surface area contributed by atoms with Crippen molar-refractivity contribution in [1.82, 2.24) is 19.8 Å². The highest BCUT2D eigenvalue weighted by Crippen LogP contribution is 2.39. The van der Waals surface area contributed by atoms with E-state index >= 15 is 4.39 Å². The molecule has 12 heteroatoms. The van der Waals surface area contributed by atoms with Crippen LogP contribution in [0.5, 0.6) is 6.01 Å². The van der Waals surface area contributed by atoms with Crippen molar-refractivity contribution in [2.45, 2.75) is 88.8 Å². The van der Waals surface area contributed by atoms with E-state index in [-0.39, 0.29) is 52.2 Å². The van der Waals surface area contributed by atoms with E-state index in [0.717, 1.165) is 32.2 Å². The zero-order valence-electron chi connectivity index (χ0n) is 22.3. The van der Waals surface area contributed by atoms with Gasteiger partial charge in [-0.05, 0) is 81.4 Å². The quantitative estimate of drug-likeness (QED) is 0.439. The van der Waals surface area contributed by atoms with Crippen LogP contribution in [-0.4, -0.2) is 88.0 Å². The average Bonchev–Trinajstić information content (AvgIpc) is 3.51. The second kappa shape index (κ2) is 9.94. The number of ether oxygens (including phenoxy) is 2. The van der Waals surface area contributed by atoms with Crippen molar-refractivity contribution >= 4 is 38.7 Å². The zero-order valence-corrected chi connectivity index (χ0v) is 23.9. The number of nitrogens with zero attached hydrogens (tertiary/aromatic N) is 5. The lowest BCUT2D eigenvalue weighted by molar-refractivity contribution is 0.0122. The summed E-state index contributed by atoms with van der Waals surface area (Å²) in [7, 11) is 0. The lowest BCUT2D eigenvalue weighted by Crippen LogP contribution is -2.57. The number of rotatable bonds is 4. The highest BCUT2D eigenvalue weighted by atomic mass is 79.9. The minimum Gasteiger partial charge on any atom is -0.462 e. The molecule has 2 aromatic rings. The largest absolute Gasteiger partial charge is 0.462 e. The van der Waals surface area contributed by atoms with E-state index in [9.17, 15) is 13.6 Å². The molecule has 5 atom stereocenters. The molecule has 0 radical (unpaired) electrons. The van der Waals surface area contributed by atoms with Crippen LogP contribution in [0.15, 0.2) is 10.5 Å². The molecule has 5 heterocycles. The molecule has 8 nitrogen and oxygen atoms in total. The number of benzene rings is 1. The fraction of sp³-hybridized carbons (Fsp3) is 0.667.